The van der Waals surface area contributed by atoms with Crippen LogP contribution in [-0.4, -0.2) is 5.78 Å². The number of hydrogen-bond acceptors (Lipinski definition) is 3. The minimum absolute atomic E-state index is 0.0731. The molecule has 0 fully saturated rings. The summed E-state index contributed by atoms with van der Waals surface area (Å²) >= 11 is 0. The van der Waals surface area contributed by atoms with Crippen LogP contribution in [0, 0.1) is 24.8 Å². The van der Waals surface area contributed by atoms with Gasteiger partial charge in [0.15, 0.2) is 5.78 Å². The van der Waals surface area contributed by atoms with Crippen LogP contribution < -0.4 is 4.90 Å². The zero-order chi connectivity index (χ0) is 29.9. The first-order valence-corrected chi connectivity index (χ1v) is 14.2. The first kappa shape index (κ1) is 26.2. The molecule has 1 aliphatic heterocycles. The van der Waals surface area contributed by atoms with Gasteiger partial charge in [0.25, 0.3) is 5.70 Å². The molecule has 5 aromatic rings. The van der Waals surface area contributed by atoms with E-state index in [1.807, 2.05) is 24.3 Å². The van der Waals surface area contributed by atoms with Crippen molar-refractivity contribution in [3.05, 3.63) is 159 Å². The number of hydrogen-bond donors (Lipinski definition) is 0. The number of rotatable bonds is 2. The van der Waals surface area contributed by atoms with Crippen LogP contribution in [0.15, 0.2) is 114 Å². The number of nitriles is 1. The maximum absolute atomic E-state index is 13.5. The van der Waals surface area contributed by atoms with Crippen LogP contribution in [0.2, 0.25) is 0 Å². The summed E-state index contributed by atoms with van der Waals surface area (Å²) in [6.45, 7) is 14.2. The SMILES string of the molecule is [C-]#[N+]/C(C#N)=C1\C(=C\c2ccc3c4c(ccc3c2)N(c2ccc(C)cc2)c2ccccc2C4(C)C)C(=O)c2ccccc21. The van der Waals surface area contributed by atoms with Gasteiger partial charge in [-0.1, -0.05) is 92.2 Å². The standard InChI is InChI=1S/C39H27N3O/c1-24-13-17-27(18-14-24)42-34-12-8-7-11-32(34)39(2,3)37-28-19-15-25(21-26(28)16-20-35(37)42)22-31-36(33(23-40)41-4)29-9-5-6-10-30(29)38(31)43/h5-22H,1-3H3/b31-22-,36-33-. The molecule has 2 aliphatic rings. The molecule has 204 valence electrons. The zero-order valence-corrected chi connectivity index (χ0v) is 24.1. The zero-order valence-electron chi connectivity index (χ0n) is 24.1. The normalized spacial score (nSPS) is 16.7. The molecule has 4 heteroatoms. The lowest BCUT2D eigenvalue weighted by atomic mass is 9.71. The highest BCUT2D eigenvalue weighted by Crippen LogP contribution is 2.54. The van der Waals surface area contributed by atoms with Gasteiger partial charge in [-0.15, -0.1) is 0 Å². The molecular weight excluding hydrogens is 526 g/mol. The number of carbonyl (C=O) groups is 1. The van der Waals surface area contributed by atoms with E-state index in [1.165, 1.54) is 22.4 Å². The van der Waals surface area contributed by atoms with Crippen LogP contribution in [0.3, 0.4) is 0 Å². The molecule has 1 heterocycles. The third-order valence-corrected chi connectivity index (χ3v) is 8.72. The Morgan fingerprint density at radius 3 is 2.35 bits per heavy atom. The smallest absolute Gasteiger partial charge is 0.270 e. The molecule has 0 bridgehead atoms. The number of fused-ring (bicyclic) bond motifs is 5. The summed E-state index contributed by atoms with van der Waals surface area (Å²) in [5, 5.41) is 11.9. The van der Waals surface area contributed by atoms with Crippen molar-refractivity contribution in [3.8, 4) is 6.07 Å². The van der Waals surface area contributed by atoms with Crippen molar-refractivity contribution in [1.82, 2.24) is 0 Å². The summed E-state index contributed by atoms with van der Waals surface area (Å²) in [4.78, 5) is 19.3. The van der Waals surface area contributed by atoms with Gasteiger partial charge in [0.2, 0.25) is 0 Å². The third kappa shape index (κ3) is 3.92. The van der Waals surface area contributed by atoms with Crippen LogP contribution in [0.1, 0.15) is 52.0 Å². The summed E-state index contributed by atoms with van der Waals surface area (Å²) in [7, 11) is 0. The van der Waals surface area contributed by atoms with E-state index in [2.05, 4.69) is 103 Å². The predicted octanol–water partition coefficient (Wildman–Crippen LogP) is 9.69. The Morgan fingerprint density at radius 2 is 1.60 bits per heavy atom. The number of anilines is 3. The molecule has 0 N–H and O–H groups in total. The highest BCUT2D eigenvalue weighted by molar-refractivity contribution is 6.29. The second-order valence-corrected chi connectivity index (χ2v) is 11.6. The summed E-state index contributed by atoms with van der Waals surface area (Å²) < 4.78 is 0. The molecule has 0 unspecified atom stereocenters. The Kier molecular flexibility index (Phi) is 5.91. The lowest BCUT2D eigenvalue weighted by Crippen LogP contribution is -2.30. The molecule has 5 aromatic carbocycles. The van der Waals surface area contributed by atoms with Crippen LogP contribution in [0.25, 0.3) is 27.3 Å². The van der Waals surface area contributed by atoms with E-state index in [9.17, 15) is 10.1 Å². The predicted molar refractivity (Wildman–Crippen MR) is 173 cm³/mol. The molecule has 0 saturated heterocycles. The van der Waals surface area contributed by atoms with Gasteiger partial charge in [-0.2, -0.15) is 0 Å². The Bertz CT molecular complexity index is 2130. The number of ketones is 1. The van der Waals surface area contributed by atoms with E-state index < -0.39 is 0 Å². The number of Topliss-reactive ketones (excluding diaryl/α,β-unsaturated/α-hetero) is 1. The third-order valence-electron chi connectivity index (χ3n) is 8.72. The quantitative estimate of drug-likeness (QED) is 0.124. The van der Waals surface area contributed by atoms with Gasteiger partial charge in [-0.3, -0.25) is 4.79 Å². The topological polar surface area (TPSA) is 48.5 Å². The molecule has 0 spiro atoms. The van der Waals surface area contributed by atoms with Crippen molar-refractivity contribution < 1.29 is 4.79 Å². The van der Waals surface area contributed by atoms with Gasteiger partial charge in [0.1, 0.15) is 0 Å². The van der Waals surface area contributed by atoms with Gasteiger partial charge < -0.3 is 4.90 Å². The number of allylic oxidation sites excluding steroid dienone is 3. The number of benzene rings is 5. The molecule has 0 aromatic heterocycles. The van der Waals surface area contributed by atoms with Gasteiger partial charge in [-0.05, 0) is 76.4 Å². The molecule has 7 rings (SSSR count). The maximum Gasteiger partial charge on any atom is 0.270 e. The molecule has 0 atom stereocenters. The molecule has 0 saturated carbocycles. The Hall–Kier alpha value is -5.71. The molecule has 43 heavy (non-hydrogen) atoms. The van der Waals surface area contributed by atoms with Gasteiger partial charge in [0, 0.05) is 27.8 Å². The van der Waals surface area contributed by atoms with Gasteiger partial charge in [-0.25, -0.2) is 10.1 Å². The second kappa shape index (κ2) is 9.69. The molecule has 1 aliphatic carbocycles. The molecule has 0 radical (unpaired) electrons. The van der Waals surface area contributed by atoms with Crippen molar-refractivity contribution in [2.75, 3.05) is 4.90 Å². The largest absolute Gasteiger partial charge is 0.310 e. The first-order chi connectivity index (χ1) is 20.8. The van der Waals surface area contributed by atoms with Crippen molar-refractivity contribution in [2.24, 2.45) is 0 Å². The van der Waals surface area contributed by atoms with E-state index in [-0.39, 0.29) is 16.9 Å². The van der Waals surface area contributed by atoms with E-state index >= 15 is 0 Å². The monoisotopic (exact) mass is 553 g/mol. The summed E-state index contributed by atoms with van der Waals surface area (Å²) in [5.74, 6) is -0.168. The molecule has 0 amide bonds. The van der Waals surface area contributed by atoms with Crippen LogP contribution in [0.4, 0.5) is 17.1 Å². The second-order valence-electron chi connectivity index (χ2n) is 11.6. The van der Waals surface area contributed by atoms with Crippen LogP contribution in [0.5, 0.6) is 0 Å². The highest BCUT2D eigenvalue weighted by Gasteiger charge is 2.38. The number of carbonyl (C=O) groups excluding carboxylic acids is 1. The van der Waals surface area contributed by atoms with Crippen molar-refractivity contribution >= 4 is 45.3 Å². The Labute approximate surface area is 251 Å². The van der Waals surface area contributed by atoms with Crippen molar-refractivity contribution in [2.45, 2.75) is 26.2 Å². The Balaban J connectivity index is 1.42. The minimum Gasteiger partial charge on any atom is -0.310 e. The number of aryl methyl sites for hydroxylation is 1. The Morgan fingerprint density at radius 1 is 0.884 bits per heavy atom. The van der Waals surface area contributed by atoms with Crippen LogP contribution >= 0.6 is 0 Å². The van der Waals surface area contributed by atoms with E-state index in [0.717, 1.165) is 27.7 Å². The first-order valence-electron chi connectivity index (χ1n) is 14.2. The molecule has 4 nitrogen and oxygen atoms in total. The maximum atomic E-state index is 13.5. The number of nitrogens with zero attached hydrogens (tertiary/aromatic N) is 3. The lowest BCUT2D eigenvalue weighted by Gasteiger charge is -2.42. The lowest BCUT2D eigenvalue weighted by molar-refractivity contribution is 0.104. The fourth-order valence-corrected chi connectivity index (χ4v) is 6.70. The fraction of sp³-hybridized carbons (Fsp3) is 0.103. The summed E-state index contributed by atoms with van der Waals surface area (Å²) in [6, 6.07) is 37.0. The van der Waals surface area contributed by atoms with Crippen molar-refractivity contribution in [1.29, 1.82) is 5.26 Å². The molecular formula is C39H27N3O. The van der Waals surface area contributed by atoms with Crippen molar-refractivity contribution in [3.63, 3.8) is 0 Å². The average molecular weight is 554 g/mol. The van der Waals surface area contributed by atoms with Crippen LogP contribution in [-0.2, 0) is 5.41 Å². The minimum atomic E-state index is -0.261. The number of para-hydroxylation sites is 1. The van der Waals surface area contributed by atoms with E-state index in [0.29, 0.717) is 22.3 Å². The van der Waals surface area contributed by atoms with E-state index in [4.69, 9.17) is 6.57 Å². The summed E-state index contributed by atoms with van der Waals surface area (Å²) in [6.07, 6.45) is 1.82. The average Bonchev–Trinajstić information content (AvgIpc) is 3.29. The van der Waals surface area contributed by atoms with Gasteiger partial charge >= 0.3 is 0 Å². The fourth-order valence-electron chi connectivity index (χ4n) is 6.70. The van der Waals surface area contributed by atoms with E-state index in [1.54, 1.807) is 18.2 Å². The summed E-state index contributed by atoms with van der Waals surface area (Å²) in [5.41, 5.74) is 9.61. The van der Waals surface area contributed by atoms with Gasteiger partial charge in [0.05, 0.1) is 24.0 Å². The highest BCUT2D eigenvalue weighted by atomic mass is 16.1.